The Labute approximate surface area is 80.4 Å². The third-order valence-electron chi connectivity index (χ3n) is 2.25. The molecule has 0 bridgehead atoms. The number of aromatic nitrogens is 1. The van der Waals surface area contributed by atoms with Gasteiger partial charge in [-0.2, -0.15) is 0 Å². The molecule has 72 valence electrons. The van der Waals surface area contributed by atoms with Crippen LogP contribution in [0.4, 0.5) is 0 Å². The van der Waals surface area contributed by atoms with Gasteiger partial charge in [-0.15, -0.1) is 0 Å². The van der Waals surface area contributed by atoms with E-state index in [-0.39, 0.29) is 0 Å². The first kappa shape index (κ1) is 10.2. The zero-order valence-electron chi connectivity index (χ0n) is 8.67. The Morgan fingerprint density at radius 2 is 2.31 bits per heavy atom. The number of nitrogens with zero attached hydrogens (tertiary/aromatic N) is 1. The molecule has 1 N–H and O–H groups in total. The molecule has 0 saturated heterocycles. The lowest BCUT2D eigenvalue weighted by Gasteiger charge is -2.15. The van der Waals surface area contributed by atoms with Crippen LogP contribution in [0.5, 0.6) is 0 Å². The molecule has 1 aromatic heterocycles. The van der Waals surface area contributed by atoms with Crippen molar-refractivity contribution in [2.45, 2.75) is 33.2 Å². The van der Waals surface area contributed by atoms with Crippen molar-refractivity contribution in [2.24, 2.45) is 0 Å². The van der Waals surface area contributed by atoms with Crippen LogP contribution in [-0.4, -0.2) is 11.5 Å². The third-order valence-corrected chi connectivity index (χ3v) is 2.25. The highest BCUT2D eigenvalue weighted by atomic mass is 14.9. The maximum atomic E-state index is 4.13. The minimum atomic E-state index is 0.411. The number of hydrogen-bond acceptors (Lipinski definition) is 2. The first-order chi connectivity index (χ1) is 6.25. The fraction of sp³-hybridized carbons (Fsp3) is 0.545. The Kier molecular flexibility index (Phi) is 3.90. The molecule has 0 aromatic carbocycles. The Morgan fingerprint density at radius 3 is 2.92 bits per heavy atom. The van der Waals surface area contributed by atoms with Crippen molar-refractivity contribution in [1.82, 2.24) is 10.3 Å². The summed E-state index contributed by atoms with van der Waals surface area (Å²) >= 11 is 0. The van der Waals surface area contributed by atoms with E-state index in [1.165, 1.54) is 17.5 Å². The van der Waals surface area contributed by atoms with E-state index in [0.717, 1.165) is 6.54 Å². The van der Waals surface area contributed by atoms with E-state index >= 15 is 0 Å². The molecule has 0 aliphatic carbocycles. The largest absolute Gasteiger partial charge is 0.310 e. The van der Waals surface area contributed by atoms with Crippen LogP contribution in [0, 0.1) is 6.92 Å². The topological polar surface area (TPSA) is 24.9 Å². The molecule has 0 spiro atoms. The molecule has 2 nitrogen and oxygen atoms in total. The average Bonchev–Trinajstić information content (AvgIpc) is 2.15. The lowest BCUT2D eigenvalue weighted by Crippen LogP contribution is -2.20. The van der Waals surface area contributed by atoms with Crippen molar-refractivity contribution in [3.05, 3.63) is 29.6 Å². The molecular formula is C11H18N2. The highest BCUT2D eigenvalue weighted by Crippen LogP contribution is 2.14. The van der Waals surface area contributed by atoms with Gasteiger partial charge in [-0.25, -0.2) is 0 Å². The van der Waals surface area contributed by atoms with Crippen LogP contribution in [0.1, 0.15) is 37.4 Å². The fourth-order valence-electron chi connectivity index (χ4n) is 1.40. The fourth-order valence-corrected chi connectivity index (χ4v) is 1.40. The van der Waals surface area contributed by atoms with Crippen LogP contribution in [0.3, 0.4) is 0 Å². The Hall–Kier alpha value is -0.890. The van der Waals surface area contributed by atoms with E-state index in [1.807, 2.05) is 12.4 Å². The second kappa shape index (κ2) is 4.97. The van der Waals surface area contributed by atoms with Crippen molar-refractivity contribution in [2.75, 3.05) is 6.54 Å². The average molecular weight is 178 g/mol. The van der Waals surface area contributed by atoms with E-state index < -0.39 is 0 Å². The molecule has 1 aromatic rings. The molecular weight excluding hydrogens is 160 g/mol. The van der Waals surface area contributed by atoms with E-state index in [9.17, 15) is 0 Å². The first-order valence-electron chi connectivity index (χ1n) is 4.89. The summed E-state index contributed by atoms with van der Waals surface area (Å²) in [6.45, 7) is 7.55. The molecule has 0 aliphatic heterocycles. The normalized spacial score (nSPS) is 12.8. The minimum Gasteiger partial charge on any atom is -0.310 e. The summed E-state index contributed by atoms with van der Waals surface area (Å²) in [6, 6.07) is 2.47. The van der Waals surface area contributed by atoms with Crippen LogP contribution in [0.15, 0.2) is 18.5 Å². The molecule has 0 saturated carbocycles. The predicted molar refractivity (Wildman–Crippen MR) is 55.7 cm³/mol. The standard InChI is InChI=1S/C11H18N2/c1-4-6-13-10(3)11-8-12-7-5-9(11)2/h5,7-8,10,13H,4,6H2,1-3H3. The highest BCUT2D eigenvalue weighted by Gasteiger charge is 2.05. The van der Waals surface area contributed by atoms with Crippen LogP contribution < -0.4 is 5.32 Å². The summed E-state index contributed by atoms with van der Waals surface area (Å²) in [6.07, 6.45) is 4.96. The van der Waals surface area contributed by atoms with Gasteiger partial charge in [0.25, 0.3) is 0 Å². The quantitative estimate of drug-likeness (QED) is 0.766. The maximum Gasteiger partial charge on any atom is 0.0318 e. The van der Waals surface area contributed by atoms with Gasteiger partial charge in [0.2, 0.25) is 0 Å². The van der Waals surface area contributed by atoms with E-state index in [1.54, 1.807) is 0 Å². The molecule has 13 heavy (non-hydrogen) atoms. The summed E-state index contributed by atoms with van der Waals surface area (Å²) in [7, 11) is 0. The summed E-state index contributed by atoms with van der Waals surface area (Å²) in [5.74, 6) is 0. The summed E-state index contributed by atoms with van der Waals surface area (Å²) < 4.78 is 0. The van der Waals surface area contributed by atoms with Crippen molar-refractivity contribution in [1.29, 1.82) is 0 Å². The predicted octanol–water partition coefficient (Wildman–Crippen LogP) is 2.45. The van der Waals surface area contributed by atoms with E-state index in [0.29, 0.717) is 6.04 Å². The highest BCUT2D eigenvalue weighted by molar-refractivity contribution is 5.24. The van der Waals surface area contributed by atoms with Crippen molar-refractivity contribution >= 4 is 0 Å². The zero-order chi connectivity index (χ0) is 9.68. The number of nitrogens with one attached hydrogen (secondary N) is 1. The van der Waals surface area contributed by atoms with Gasteiger partial charge in [0, 0.05) is 18.4 Å². The van der Waals surface area contributed by atoms with Gasteiger partial charge in [-0.1, -0.05) is 6.92 Å². The molecule has 2 heteroatoms. The van der Waals surface area contributed by atoms with Crippen LogP contribution in [-0.2, 0) is 0 Å². The Balaban J connectivity index is 2.65. The number of pyridine rings is 1. The van der Waals surface area contributed by atoms with E-state index in [2.05, 4.69) is 37.1 Å². The molecule has 1 heterocycles. The van der Waals surface area contributed by atoms with Gasteiger partial charge >= 0.3 is 0 Å². The first-order valence-corrected chi connectivity index (χ1v) is 4.89. The van der Waals surface area contributed by atoms with E-state index in [4.69, 9.17) is 0 Å². The van der Waals surface area contributed by atoms with Crippen molar-refractivity contribution in [3.63, 3.8) is 0 Å². The minimum absolute atomic E-state index is 0.411. The molecule has 0 radical (unpaired) electrons. The van der Waals surface area contributed by atoms with Gasteiger partial charge < -0.3 is 5.32 Å². The number of hydrogen-bond donors (Lipinski definition) is 1. The smallest absolute Gasteiger partial charge is 0.0318 e. The number of aryl methyl sites for hydroxylation is 1. The Bertz CT molecular complexity index is 258. The third kappa shape index (κ3) is 2.81. The SMILES string of the molecule is CCCNC(C)c1cnccc1C. The van der Waals surface area contributed by atoms with Crippen LogP contribution >= 0.6 is 0 Å². The molecule has 0 fully saturated rings. The summed E-state index contributed by atoms with van der Waals surface area (Å²) in [4.78, 5) is 4.13. The molecule has 1 atom stereocenters. The maximum absolute atomic E-state index is 4.13. The lowest BCUT2D eigenvalue weighted by molar-refractivity contribution is 0.567. The molecule has 1 unspecified atom stereocenters. The van der Waals surface area contributed by atoms with Gasteiger partial charge in [-0.3, -0.25) is 4.98 Å². The summed E-state index contributed by atoms with van der Waals surface area (Å²) in [5, 5.41) is 3.45. The van der Waals surface area contributed by atoms with Gasteiger partial charge in [0.1, 0.15) is 0 Å². The van der Waals surface area contributed by atoms with Crippen LogP contribution in [0.2, 0.25) is 0 Å². The van der Waals surface area contributed by atoms with Crippen molar-refractivity contribution in [3.8, 4) is 0 Å². The van der Waals surface area contributed by atoms with Gasteiger partial charge in [-0.05, 0) is 44.0 Å². The second-order valence-electron chi connectivity index (χ2n) is 3.41. The molecule has 1 rings (SSSR count). The van der Waals surface area contributed by atoms with Crippen LogP contribution in [0.25, 0.3) is 0 Å². The lowest BCUT2D eigenvalue weighted by atomic mass is 10.1. The zero-order valence-corrected chi connectivity index (χ0v) is 8.67. The molecule has 0 amide bonds. The van der Waals surface area contributed by atoms with Gasteiger partial charge in [0.15, 0.2) is 0 Å². The molecule has 0 aliphatic rings. The Morgan fingerprint density at radius 1 is 1.54 bits per heavy atom. The second-order valence-corrected chi connectivity index (χ2v) is 3.41. The van der Waals surface area contributed by atoms with Crippen molar-refractivity contribution < 1.29 is 0 Å². The number of rotatable bonds is 4. The monoisotopic (exact) mass is 178 g/mol. The summed E-state index contributed by atoms with van der Waals surface area (Å²) in [5.41, 5.74) is 2.61. The van der Waals surface area contributed by atoms with Gasteiger partial charge in [0.05, 0.1) is 0 Å².